The van der Waals surface area contributed by atoms with Crippen molar-refractivity contribution in [1.29, 1.82) is 0 Å². The van der Waals surface area contributed by atoms with Crippen LogP contribution in [-0.2, 0) is 14.8 Å². The first-order valence-electron chi connectivity index (χ1n) is 9.46. The highest BCUT2D eigenvalue weighted by Gasteiger charge is 2.31. The number of amides is 1. The first kappa shape index (κ1) is 23.9. The maximum Gasteiger partial charge on any atom is 0.573 e. The second-order valence-electron chi connectivity index (χ2n) is 6.64. The molecule has 33 heavy (non-hydrogen) atoms. The van der Waals surface area contributed by atoms with Gasteiger partial charge < -0.3 is 14.8 Å². The number of nitrogens with one attached hydrogen (secondary N) is 1. The van der Waals surface area contributed by atoms with Crippen LogP contribution in [0.3, 0.4) is 0 Å². The van der Waals surface area contributed by atoms with Crippen molar-refractivity contribution in [3.63, 3.8) is 0 Å². The van der Waals surface area contributed by atoms with E-state index < -0.39 is 34.6 Å². The summed E-state index contributed by atoms with van der Waals surface area (Å²) in [6.45, 7) is -0.579. The molecule has 0 radical (unpaired) electrons. The summed E-state index contributed by atoms with van der Waals surface area (Å²) in [7, 11) is -2.64. The van der Waals surface area contributed by atoms with E-state index in [9.17, 15) is 26.4 Å². The van der Waals surface area contributed by atoms with Gasteiger partial charge in [0.25, 0.3) is 10.0 Å². The highest BCUT2D eigenvalue weighted by atomic mass is 32.2. The van der Waals surface area contributed by atoms with E-state index >= 15 is 0 Å². The minimum atomic E-state index is -4.84. The molecule has 0 aliphatic rings. The van der Waals surface area contributed by atoms with Crippen LogP contribution in [0.1, 0.15) is 0 Å². The van der Waals surface area contributed by atoms with Gasteiger partial charge in [0.05, 0.1) is 17.7 Å². The molecule has 174 valence electrons. The number of nitrogens with zero attached hydrogens (tertiary/aromatic N) is 1. The van der Waals surface area contributed by atoms with Crippen molar-refractivity contribution >= 4 is 27.3 Å². The minimum absolute atomic E-state index is 0.0118. The number of hydrogen-bond acceptors (Lipinski definition) is 5. The molecule has 0 aromatic heterocycles. The number of anilines is 2. The van der Waals surface area contributed by atoms with Crippen LogP contribution in [-0.4, -0.2) is 34.3 Å². The molecule has 0 saturated carbocycles. The Morgan fingerprint density at radius 3 is 2.03 bits per heavy atom. The van der Waals surface area contributed by atoms with E-state index in [-0.39, 0.29) is 16.3 Å². The van der Waals surface area contributed by atoms with Gasteiger partial charge in [-0.1, -0.05) is 18.2 Å². The molecule has 0 atom stereocenters. The summed E-state index contributed by atoms with van der Waals surface area (Å²) in [5.41, 5.74) is 0.394. The largest absolute Gasteiger partial charge is 0.573 e. The van der Waals surface area contributed by atoms with Crippen molar-refractivity contribution in [2.24, 2.45) is 0 Å². The quantitative estimate of drug-likeness (QED) is 0.516. The molecule has 7 nitrogen and oxygen atoms in total. The number of carbonyl (C=O) groups excluding carboxylic acids is 1. The Kier molecular flexibility index (Phi) is 7.12. The lowest BCUT2D eigenvalue weighted by atomic mass is 10.3. The zero-order chi connectivity index (χ0) is 24.1. The number of methoxy groups -OCH3 is 1. The van der Waals surface area contributed by atoms with Crippen LogP contribution in [0.2, 0.25) is 0 Å². The van der Waals surface area contributed by atoms with E-state index in [2.05, 4.69) is 10.1 Å². The Hall–Kier alpha value is -3.73. The van der Waals surface area contributed by atoms with Crippen LogP contribution in [0.4, 0.5) is 24.5 Å². The van der Waals surface area contributed by atoms with Crippen molar-refractivity contribution in [3.8, 4) is 11.5 Å². The predicted octanol–water partition coefficient (Wildman–Crippen LogP) is 4.43. The van der Waals surface area contributed by atoms with Gasteiger partial charge in [0, 0.05) is 5.69 Å². The third-order valence-corrected chi connectivity index (χ3v) is 6.14. The summed E-state index contributed by atoms with van der Waals surface area (Å²) in [6, 6.07) is 18.2. The van der Waals surface area contributed by atoms with E-state index in [0.717, 1.165) is 16.4 Å². The molecule has 0 aliphatic carbocycles. The van der Waals surface area contributed by atoms with Crippen LogP contribution in [0.15, 0.2) is 83.8 Å². The van der Waals surface area contributed by atoms with Crippen molar-refractivity contribution < 1.29 is 35.9 Å². The van der Waals surface area contributed by atoms with Crippen molar-refractivity contribution in [2.75, 3.05) is 23.3 Å². The van der Waals surface area contributed by atoms with Gasteiger partial charge in [-0.25, -0.2) is 8.42 Å². The highest BCUT2D eigenvalue weighted by Crippen LogP contribution is 2.27. The Bertz CT molecular complexity index is 1180. The molecular formula is C22H19F3N2O5S. The number of alkyl halides is 3. The van der Waals surface area contributed by atoms with Gasteiger partial charge in [0.2, 0.25) is 5.91 Å². The molecule has 0 spiro atoms. The monoisotopic (exact) mass is 480 g/mol. The van der Waals surface area contributed by atoms with Crippen LogP contribution in [0.5, 0.6) is 11.5 Å². The molecule has 0 heterocycles. The van der Waals surface area contributed by atoms with Gasteiger partial charge >= 0.3 is 6.36 Å². The molecule has 0 unspecified atom stereocenters. The number of halogens is 3. The molecule has 11 heteroatoms. The van der Waals surface area contributed by atoms with Crippen molar-refractivity contribution in [1.82, 2.24) is 0 Å². The lowest BCUT2D eigenvalue weighted by Gasteiger charge is -2.24. The minimum Gasteiger partial charge on any atom is -0.497 e. The Labute approximate surface area is 188 Å². The first-order valence-corrected chi connectivity index (χ1v) is 10.9. The Morgan fingerprint density at radius 1 is 0.909 bits per heavy atom. The summed E-state index contributed by atoms with van der Waals surface area (Å²) >= 11 is 0. The van der Waals surface area contributed by atoms with Gasteiger partial charge in [0.1, 0.15) is 18.0 Å². The number of ether oxygens (including phenoxy) is 2. The molecule has 0 saturated heterocycles. The molecule has 0 bridgehead atoms. The molecule has 0 aliphatic heterocycles. The Balaban J connectivity index is 1.83. The van der Waals surface area contributed by atoms with E-state index in [1.807, 2.05) is 0 Å². The SMILES string of the molecule is COc1ccc(N(CC(=O)Nc2ccc(OC(F)(F)F)cc2)S(=O)(=O)c2ccccc2)cc1. The van der Waals surface area contributed by atoms with Crippen LogP contribution < -0.4 is 19.1 Å². The summed E-state index contributed by atoms with van der Waals surface area (Å²) in [4.78, 5) is 12.6. The molecule has 1 amide bonds. The first-order chi connectivity index (χ1) is 15.6. The zero-order valence-electron chi connectivity index (χ0n) is 17.2. The molecule has 3 aromatic carbocycles. The zero-order valence-corrected chi connectivity index (χ0v) is 18.1. The van der Waals surface area contributed by atoms with Crippen LogP contribution >= 0.6 is 0 Å². The number of rotatable bonds is 8. The summed E-state index contributed by atoms with van der Waals surface area (Å²) in [5.74, 6) is -0.650. The number of carbonyl (C=O) groups is 1. The molecular weight excluding hydrogens is 461 g/mol. The summed E-state index contributed by atoms with van der Waals surface area (Å²) in [5, 5.41) is 2.47. The second kappa shape index (κ2) is 9.82. The lowest BCUT2D eigenvalue weighted by Crippen LogP contribution is -2.38. The molecule has 1 N–H and O–H groups in total. The average Bonchev–Trinajstić information content (AvgIpc) is 2.78. The summed E-state index contributed by atoms with van der Waals surface area (Å²) in [6.07, 6.45) is -4.84. The van der Waals surface area contributed by atoms with E-state index in [4.69, 9.17) is 4.74 Å². The fraction of sp³-hybridized carbons (Fsp3) is 0.136. The third kappa shape index (κ3) is 6.39. The topological polar surface area (TPSA) is 84.9 Å². The standard InChI is InChI=1S/C22H19F3N2O5S/c1-31-18-13-9-17(10-14-18)27(33(29,30)20-5-3-2-4-6-20)15-21(28)26-16-7-11-19(12-8-16)32-22(23,24)25/h2-14H,15H2,1H3,(H,26,28). The lowest BCUT2D eigenvalue weighted by molar-refractivity contribution is -0.274. The van der Waals surface area contributed by atoms with E-state index in [0.29, 0.717) is 5.75 Å². The Morgan fingerprint density at radius 2 is 1.48 bits per heavy atom. The highest BCUT2D eigenvalue weighted by molar-refractivity contribution is 7.92. The molecule has 3 rings (SSSR count). The van der Waals surface area contributed by atoms with E-state index in [1.165, 1.54) is 43.5 Å². The van der Waals surface area contributed by atoms with Crippen molar-refractivity contribution in [3.05, 3.63) is 78.9 Å². The maximum absolute atomic E-state index is 13.2. The van der Waals surface area contributed by atoms with Gasteiger partial charge in [-0.2, -0.15) is 0 Å². The fourth-order valence-corrected chi connectivity index (χ4v) is 4.30. The van der Waals surface area contributed by atoms with Gasteiger partial charge in [-0.15, -0.1) is 13.2 Å². The van der Waals surface area contributed by atoms with Gasteiger partial charge in [-0.05, 0) is 60.7 Å². The third-order valence-electron chi connectivity index (χ3n) is 4.35. The summed E-state index contributed by atoms with van der Waals surface area (Å²) < 4.78 is 73.2. The van der Waals surface area contributed by atoms with Gasteiger partial charge in [-0.3, -0.25) is 9.10 Å². The van der Waals surface area contributed by atoms with Gasteiger partial charge in [0.15, 0.2) is 0 Å². The number of hydrogen-bond donors (Lipinski definition) is 1. The van der Waals surface area contributed by atoms with Crippen LogP contribution in [0.25, 0.3) is 0 Å². The fourth-order valence-electron chi connectivity index (χ4n) is 2.85. The number of sulfonamides is 1. The van der Waals surface area contributed by atoms with Crippen LogP contribution in [0, 0.1) is 0 Å². The maximum atomic E-state index is 13.2. The normalized spacial score (nSPS) is 11.5. The second-order valence-corrected chi connectivity index (χ2v) is 8.51. The smallest absolute Gasteiger partial charge is 0.497 e. The van der Waals surface area contributed by atoms with E-state index in [1.54, 1.807) is 30.3 Å². The van der Waals surface area contributed by atoms with Crippen molar-refractivity contribution in [2.45, 2.75) is 11.3 Å². The molecule has 3 aromatic rings. The average molecular weight is 480 g/mol. The predicted molar refractivity (Wildman–Crippen MR) is 116 cm³/mol. The number of benzene rings is 3. The molecule has 0 fully saturated rings.